The molecule has 1 aromatic rings. The fourth-order valence-electron chi connectivity index (χ4n) is 2.60. The normalized spacial score (nSPS) is 20.3. The summed E-state index contributed by atoms with van der Waals surface area (Å²) in [6.45, 7) is 0.504. The van der Waals surface area contributed by atoms with Crippen LogP contribution in [0.25, 0.3) is 0 Å². The van der Waals surface area contributed by atoms with E-state index in [4.69, 9.17) is 5.73 Å². The van der Waals surface area contributed by atoms with Crippen molar-refractivity contribution in [1.29, 1.82) is 0 Å². The molecule has 16 heavy (non-hydrogen) atoms. The predicted octanol–water partition coefficient (Wildman–Crippen LogP) is 3.23. The monoisotopic (exact) mass is 237 g/mol. The number of rotatable bonds is 3. The third-order valence-electron chi connectivity index (χ3n) is 3.68. The van der Waals surface area contributed by atoms with Gasteiger partial charge in [0.15, 0.2) is 5.78 Å². The lowest BCUT2D eigenvalue weighted by Crippen LogP contribution is -2.38. The molecule has 0 unspecified atom stereocenters. The van der Waals surface area contributed by atoms with Gasteiger partial charge in [0.2, 0.25) is 0 Å². The minimum atomic E-state index is -0.263. The topological polar surface area (TPSA) is 43.1 Å². The van der Waals surface area contributed by atoms with Crippen molar-refractivity contribution in [3.8, 4) is 0 Å². The summed E-state index contributed by atoms with van der Waals surface area (Å²) in [6.07, 6.45) is 6.74. The minimum absolute atomic E-state index is 0.263. The van der Waals surface area contributed by atoms with E-state index in [-0.39, 0.29) is 11.2 Å². The zero-order chi connectivity index (χ0) is 11.4. The smallest absolute Gasteiger partial charge is 0.180 e. The SMILES string of the molecule is NCC1(C(=O)c2cccs2)CCCCCC1. The Morgan fingerprint density at radius 3 is 2.50 bits per heavy atom. The van der Waals surface area contributed by atoms with Crippen LogP contribution in [-0.2, 0) is 0 Å². The highest BCUT2D eigenvalue weighted by Crippen LogP contribution is 2.37. The van der Waals surface area contributed by atoms with Gasteiger partial charge in [0, 0.05) is 12.0 Å². The molecule has 0 aromatic carbocycles. The number of carbonyl (C=O) groups excluding carboxylic acids is 1. The number of Topliss-reactive ketones (excluding diaryl/α,β-unsaturated/α-hetero) is 1. The molecule has 0 radical (unpaired) electrons. The molecular formula is C13H19NOS. The molecule has 0 aliphatic heterocycles. The quantitative estimate of drug-likeness (QED) is 0.648. The van der Waals surface area contributed by atoms with Crippen molar-refractivity contribution in [3.05, 3.63) is 22.4 Å². The van der Waals surface area contributed by atoms with Gasteiger partial charge in [-0.3, -0.25) is 4.79 Å². The van der Waals surface area contributed by atoms with E-state index in [0.717, 1.165) is 30.6 Å². The fraction of sp³-hybridized carbons (Fsp3) is 0.615. The van der Waals surface area contributed by atoms with E-state index >= 15 is 0 Å². The average molecular weight is 237 g/mol. The van der Waals surface area contributed by atoms with E-state index in [0.29, 0.717) is 6.54 Å². The molecule has 1 heterocycles. The molecular weight excluding hydrogens is 218 g/mol. The number of nitrogens with two attached hydrogens (primary N) is 1. The summed E-state index contributed by atoms with van der Waals surface area (Å²) in [6, 6.07) is 3.87. The van der Waals surface area contributed by atoms with Crippen LogP contribution in [0.2, 0.25) is 0 Å². The molecule has 0 amide bonds. The van der Waals surface area contributed by atoms with Gasteiger partial charge in [0.1, 0.15) is 0 Å². The van der Waals surface area contributed by atoms with Crippen molar-refractivity contribution in [2.45, 2.75) is 38.5 Å². The number of carbonyl (C=O) groups is 1. The number of hydrogen-bond donors (Lipinski definition) is 1. The average Bonchev–Trinajstić information content (AvgIpc) is 2.73. The molecule has 2 nitrogen and oxygen atoms in total. The largest absolute Gasteiger partial charge is 0.329 e. The maximum Gasteiger partial charge on any atom is 0.180 e. The molecule has 88 valence electrons. The summed E-state index contributed by atoms with van der Waals surface area (Å²) >= 11 is 1.54. The number of hydrogen-bond acceptors (Lipinski definition) is 3. The third-order valence-corrected chi connectivity index (χ3v) is 4.55. The molecule has 1 saturated carbocycles. The van der Waals surface area contributed by atoms with Crippen molar-refractivity contribution in [2.75, 3.05) is 6.54 Å². The van der Waals surface area contributed by atoms with Crippen molar-refractivity contribution in [1.82, 2.24) is 0 Å². The summed E-state index contributed by atoms with van der Waals surface area (Å²) in [5.41, 5.74) is 5.64. The Kier molecular flexibility index (Phi) is 3.77. The lowest BCUT2D eigenvalue weighted by atomic mass is 9.76. The van der Waals surface area contributed by atoms with Gasteiger partial charge in [-0.1, -0.05) is 31.7 Å². The second kappa shape index (κ2) is 5.11. The van der Waals surface area contributed by atoms with Gasteiger partial charge in [0.25, 0.3) is 0 Å². The summed E-state index contributed by atoms with van der Waals surface area (Å²) in [5.74, 6) is 0.284. The van der Waals surface area contributed by atoms with Crippen LogP contribution in [0.5, 0.6) is 0 Å². The van der Waals surface area contributed by atoms with E-state index in [1.807, 2.05) is 17.5 Å². The Bertz CT molecular complexity index is 337. The van der Waals surface area contributed by atoms with Crippen LogP contribution in [0.1, 0.15) is 48.2 Å². The van der Waals surface area contributed by atoms with Gasteiger partial charge in [-0.2, -0.15) is 0 Å². The van der Waals surface area contributed by atoms with E-state index in [2.05, 4.69) is 0 Å². The van der Waals surface area contributed by atoms with Crippen LogP contribution in [0.15, 0.2) is 17.5 Å². The number of ketones is 1. The highest BCUT2D eigenvalue weighted by Gasteiger charge is 2.37. The maximum absolute atomic E-state index is 12.5. The molecule has 0 spiro atoms. The zero-order valence-electron chi connectivity index (χ0n) is 9.58. The first kappa shape index (κ1) is 11.8. The summed E-state index contributed by atoms with van der Waals surface area (Å²) in [7, 11) is 0. The summed E-state index contributed by atoms with van der Waals surface area (Å²) in [4.78, 5) is 13.4. The molecule has 1 aliphatic carbocycles. The fourth-order valence-corrected chi connectivity index (χ4v) is 3.38. The Hall–Kier alpha value is -0.670. The first-order chi connectivity index (χ1) is 7.78. The Morgan fingerprint density at radius 2 is 2.00 bits per heavy atom. The molecule has 1 aliphatic rings. The van der Waals surface area contributed by atoms with E-state index in [1.54, 1.807) is 11.3 Å². The second-order valence-electron chi connectivity index (χ2n) is 4.71. The summed E-state index contributed by atoms with van der Waals surface area (Å²) < 4.78 is 0. The molecule has 2 rings (SSSR count). The molecule has 0 atom stereocenters. The summed E-state index contributed by atoms with van der Waals surface area (Å²) in [5, 5.41) is 1.97. The van der Waals surface area contributed by atoms with Gasteiger partial charge >= 0.3 is 0 Å². The molecule has 0 saturated heterocycles. The van der Waals surface area contributed by atoms with Crippen LogP contribution in [0, 0.1) is 5.41 Å². The third kappa shape index (κ3) is 2.20. The first-order valence-electron chi connectivity index (χ1n) is 6.07. The zero-order valence-corrected chi connectivity index (χ0v) is 10.4. The predicted molar refractivity (Wildman–Crippen MR) is 67.8 cm³/mol. The van der Waals surface area contributed by atoms with Crippen LogP contribution >= 0.6 is 11.3 Å². The van der Waals surface area contributed by atoms with Crippen LogP contribution < -0.4 is 5.73 Å². The van der Waals surface area contributed by atoms with Crippen LogP contribution in [0.4, 0.5) is 0 Å². The Morgan fingerprint density at radius 1 is 1.31 bits per heavy atom. The lowest BCUT2D eigenvalue weighted by Gasteiger charge is -2.29. The van der Waals surface area contributed by atoms with Crippen molar-refractivity contribution >= 4 is 17.1 Å². The molecule has 3 heteroatoms. The molecule has 0 bridgehead atoms. The Balaban J connectivity index is 2.22. The van der Waals surface area contributed by atoms with Crippen LogP contribution in [0.3, 0.4) is 0 Å². The minimum Gasteiger partial charge on any atom is -0.329 e. The van der Waals surface area contributed by atoms with Gasteiger partial charge in [-0.05, 0) is 24.3 Å². The van der Waals surface area contributed by atoms with Crippen molar-refractivity contribution in [2.24, 2.45) is 11.1 Å². The highest BCUT2D eigenvalue weighted by atomic mass is 32.1. The van der Waals surface area contributed by atoms with E-state index in [1.165, 1.54) is 12.8 Å². The molecule has 1 fully saturated rings. The maximum atomic E-state index is 12.5. The molecule has 2 N–H and O–H groups in total. The van der Waals surface area contributed by atoms with E-state index < -0.39 is 0 Å². The van der Waals surface area contributed by atoms with Crippen LogP contribution in [-0.4, -0.2) is 12.3 Å². The van der Waals surface area contributed by atoms with Gasteiger partial charge < -0.3 is 5.73 Å². The van der Waals surface area contributed by atoms with E-state index in [9.17, 15) is 4.79 Å². The Labute approximate surface area is 101 Å². The lowest BCUT2D eigenvalue weighted by molar-refractivity contribution is 0.0779. The molecule has 1 aromatic heterocycles. The van der Waals surface area contributed by atoms with Gasteiger partial charge in [0.05, 0.1) is 4.88 Å². The van der Waals surface area contributed by atoms with Crippen molar-refractivity contribution < 1.29 is 4.79 Å². The second-order valence-corrected chi connectivity index (χ2v) is 5.65. The standard InChI is InChI=1S/C13H19NOS/c14-10-13(7-3-1-2-4-8-13)12(15)11-6-5-9-16-11/h5-6,9H,1-4,7-8,10,14H2. The van der Waals surface area contributed by atoms with Gasteiger partial charge in [-0.15, -0.1) is 11.3 Å². The first-order valence-corrected chi connectivity index (χ1v) is 6.95. The number of thiophene rings is 1. The van der Waals surface area contributed by atoms with Gasteiger partial charge in [-0.25, -0.2) is 0 Å². The van der Waals surface area contributed by atoms with Crippen molar-refractivity contribution in [3.63, 3.8) is 0 Å². The highest BCUT2D eigenvalue weighted by molar-refractivity contribution is 7.12.